The second kappa shape index (κ2) is 4.80. The van der Waals surface area contributed by atoms with Crippen molar-refractivity contribution >= 4 is 50.1 Å². The molecule has 0 atom stereocenters. The van der Waals surface area contributed by atoms with E-state index in [0.29, 0.717) is 0 Å². The van der Waals surface area contributed by atoms with Crippen LogP contribution in [-0.4, -0.2) is 12.5 Å². The Morgan fingerprint density at radius 1 is 1.62 bits per heavy atom. The summed E-state index contributed by atoms with van der Waals surface area (Å²) in [4.78, 5) is 10.5. The second-order valence-corrected chi connectivity index (χ2v) is 4.52. The highest BCUT2D eigenvalue weighted by molar-refractivity contribution is 14.1. The number of halogens is 2. The zero-order chi connectivity index (χ0) is 9.84. The van der Waals surface area contributed by atoms with Gasteiger partial charge in [-0.1, -0.05) is 15.9 Å². The van der Waals surface area contributed by atoms with E-state index in [0.717, 1.165) is 13.7 Å². The Morgan fingerprint density at radius 3 is 2.92 bits per heavy atom. The molecule has 1 rings (SSSR count). The molecule has 13 heavy (non-hydrogen) atoms. The lowest BCUT2D eigenvalue weighted by Crippen LogP contribution is -2.22. The molecule has 0 radical (unpaired) electrons. The van der Waals surface area contributed by atoms with Gasteiger partial charge < -0.3 is 11.1 Å². The monoisotopic (exact) mass is 354 g/mol. The van der Waals surface area contributed by atoms with Crippen LogP contribution < -0.4 is 11.1 Å². The molecule has 5 heteroatoms. The molecule has 1 aromatic rings. The van der Waals surface area contributed by atoms with Gasteiger partial charge in [0.2, 0.25) is 5.91 Å². The molecule has 0 spiro atoms. The molecule has 3 nitrogen and oxygen atoms in total. The number of nitrogens with two attached hydrogens (primary N) is 1. The molecule has 70 valence electrons. The third kappa shape index (κ3) is 3.51. The van der Waals surface area contributed by atoms with Gasteiger partial charge in [-0.15, -0.1) is 0 Å². The van der Waals surface area contributed by atoms with Gasteiger partial charge in [-0.05, 0) is 40.8 Å². The average Bonchev–Trinajstić information content (AvgIpc) is 2.06. The lowest BCUT2D eigenvalue weighted by molar-refractivity contribution is -0.116. The maximum Gasteiger partial charge on any atom is 0.236 e. The summed E-state index contributed by atoms with van der Waals surface area (Å²) in [7, 11) is 0. The predicted molar refractivity (Wildman–Crippen MR) is 64.5 cm³/mol. The second-order valence-electron chi connectivity index (χ2n) is 2.44. The summed E-state index contributed by atoms with van der Waals surface area (Å²) in [6, 6.07) is 5.80. The molecule has 0 saturated carbocycles. The Morgan fingerprint density at radius 2 is 2.31 bits per heavy atom. The third-order valence-electron chi connectivity index (χ3n) is 1.38. The standard InChI is InChI=1S/C8H8BrIN2O/c9-5-1-2-6(10)7(3-5)12-4-8(11)13/h1-3,12H,4H2,(H2,11,13). The number of hydrogen-bond acceptors (Lipinski definition) is 2. The van der Waals surface area contributed by atoms with E-state index < -0.39 is 0 Å². The normalized spacial score (nSPS) is 9.69. The van der Waals surface area contributed by atoms with Crippen molar-refractivity contribution in [3.8, 4) is 0 Å². The van der Waals surface area contributed by atoms with Crippen molar-refractivity contribution in [2.75, 3.05) is 11.9 Å². The van der Waals surface area contributed by atoms with Crippen molar-refractivity contribution in [2.24, 2.45) is 5.73 Å². The number of anilines is 1. The summed E-state index contributed by atoms with van der Waals surface area (Å²) >= 11 is 5.53. The van der Waals surface area contributed by atoms with Crippen LogP contribution in [0.5, 0.6) is 0 Å². The zero-order valence-electron chi connectivity index (χ0n) is 6.68. The Labute approximate surface area is 98.3 Å². The molecule has 0 unspecified atom stereocenters. The highest BCUT2D eigenvalue weighted by Gasteiger charge is 2.00. The molecule has 0 aliphatic rings. The fourth-order valence-electron chi connectivity index (χ4n) is 0.815. The van der Waals surface area contributed by atoms with Crippen LogP contribution in [0.4, 0.5) is 5.69 Å². The highest BCUT2D eigenvalue weighted by Crippen LogP contribution is 2.22. The van der Waals surface area contributed by atoms with Gasteiger partial charge in [0.15, 0.2) is 0 Å². The van der Waals surface area contributed by atoms with Gasteiger partial charge in [0, 0.05) is 13.7 Å². The van der Waals surface area contributed by atoms with Crippen LogP contribution in [0.2, 0.25) is 0 Å². The van der Waals surface area contributed by atoms with E-state index in [1.54, 1.807) is 0 Å². The summed E-state index contributed by atoms with van der Waals surface area (Å²) in [5.74, 6) is -0.365. The molecule has 0 fully saturated rings. The molecule has 0 saturated heterocycles. The number of nitrogens with one attached hydrogen (secondary N) is 1. The molecular weight excluding hydrogens is 347 g/mol. The maximum atomic E-state index is 10.5. The lowest BCUT2D eigenvalue weighted by atomic mass is 10.3. The Balaban J connectivity index is 2.75. The van der Waals surface area contributed by atoms with Crippen molar-refractivity contribution in [3.05, 3.63) is 26.2 Å². The van der Waals surface area contributed by atoms with Gasteiger partial charge in [-0.2, -0.15) is 0 Å². The number of benzene rings is 1. The number of hydrogen-bond donors (Lipinski definition) is 2. The Kier molecular flexibility index (Phi) is 3.98. The fraction of sp³-hybridized carbons (Fsp3) is 0.125. The Hall–Kier alpha value is -0.300. The highest BCUT2D eigenvalue weighted by atomic mass is 127. The minimum atomic E-state index is -0.365. The molecule has 0 heterocycles. The molecule has 0 aliphatic carbocycles. The quantitative estimate of drug-likeness (QED) is 0.815. The van der Waals surface area contributed by atoms with Crippen molar-refractivity contribution in [1.82, 2.24) is 0 Å². The van der Waals surface area contributed by atoms with Crippen LogP contribution >= 0.6 is 38.5 Å². The van der Waals surface area contributed by atoms with Gasteiger partial charge in [0.05, 0.1) is 6.54 Å². The van der Waals surface area contributed by atoms with E-state index >= 15 is 0 Å². The largest absolute Gasteiger partial charge is 0.375 e. The summed E-state index contributed by atoms with van der Waals surface area (Å²) in [6.45, 7) is 0.159. The van der Waals surface area contributed by atoms with Crippen molar-refractivity contribution in [1.29, 1.82) is 0 Å². The minimum absolute atomic E-state index is 0.159. The van der Waals surface area contributed by atoms with Gasteiger partial charge in [0.1, 0.15) is 0 Å². The number of rotatable bonds is 3. The fourth-order valence-corrected chi connectivity index (χ4v) is 1.70. The topological polar surface area (TPSA) is 55.1 Å². The molecular formula is C8H8BrIN2O. The minimum Gasteiger partial charge on any atom is -0.375 e. The van der Waals surface area contributed by atoms with Gasteiger partial charge in [0.25, 0.3) is 0 Å². The summed E-state index contributed by atoms with van der Waals surface area (Å²) in [5, 5.41) is 2.94. The summed E-state index contributed by atoms with van der Waals surface area (Å²) in [6.07, 6.45) is 0. The van der Waals surface area contributed by atoms with Crippen molar-refractivity contribution < 1.29 is 4.79 Å². The van der Waals surface area contributed by atoms with Crippen LogP contribution in [0.1, 0.15) is 0 Å². The summed E-state index contributed by atoms with van der Waals surface area (Å²) in [5.41, 5.74) is 5.92. The van der Waals surface area contributed by atoms with E-state index in [4.69, 9.17) is 5.73 Å². The Bertz CT molecular complexity index is 330. The number of carbonyl (C=O) groups excluding carboxylic acids is 1. The average molecular weight is 355 g/mol. The summed E-state index contributed by atoms with van der Waals surface area (Å²) < 4.78 is 2.03. The first-order chi connectivity index (χ1) is 6.09. The van der Waals surface area contributed by atoms with E-state index in [9.17, 15) is 4.79 Å². The van der Waals surface area contributed by atoms with E-state index in [1.165, 1.54) is 0 Å². The van der Waals surface area contributed by atoms with Gasteiger partial charge in [-0.3, -0.25) is 4.79 Å². The van der Waals surface area contributed by atoms with Crippen LogP contribution in [-0.2, 0) is 4.79 Å². The van der Waals surface area contributed by atoms with Crippen molar-refractivity contribution in [3.63, 3.8) is 0 Å². The number of amides is 1. The van der Waals surface area contributed by atoms with Crippen LogP contribution in [0.15, 0.2) is 22.7 Å². The third-order valence-corrected chi connectivity index (χ3v) is 2.82. The first-order valence-corrected chi connectivity index (χ1v) is 5.44. The maximum absolute atomic E-state index is 10.5. The molecule has 0 aliphatic heterocycles. The van der Waals surface area contributed by atoms with Crippen molar-refractivity contribution in [2.45, 2.75) is 0 Å². The predicted octanol–water partition coefficient (Wildman–Crippen LogP) is 1.95. The van der Waals surface area contributed by atoms with Crippen LogP contribution in [0.25, 0.3) is 0 Å². The number of primary amides is 1. The SMILES string of the molecule is NC(=O)CNc1cc(Br)ccc1I. The van der Waals surface area contributed by atoms with E-state index in [-0.39, 0.29) is 12.5 Å². The number of carbonyl (C=O) groups is 1. The first kappa shape index (κ1) is 10.8. The molecule has 3 N–H and O–H groups in total. The zero-order valence-corrected chi connectivity index (χ0v) is 10.4. The lowest BCUT2D eigenvalue weighted by Gasteiger charge is -2.06. The van der Waals surface area contributed by atoms with E-state index in [1.807, 2.05) is 18.2 Å². The molecule has 1 amide bonds. The first-order valence-electron chi connectivity index (χ1n) is 3.57. The molecule has 1 aromatic carbocycles. The van der Waals surface area contributed by atoms with Gasteiger partial charge >= 0.3 is 0 Å². The van der Waals surface area contributed by atoms with Gasteiger partial charge in [-0.25, -0.2) is 0 Å². The van der Waals surface area contributed by atoms with Crippen LogP contribution in [0, 0.1) is 3.57 Å². The van der Waals surface area contributed by atoms with E-state index in [2.05, 4.69) is 43.8 Å². The molecule has 0 aromatic heterocycles. The smallest absolute Gasteiger partial charge is 0.236 e. The molecule has 0 bridgehead atoms. The van der Waals surface area contributed by atoms with Crippen LogP contribution in [0.3, 0.4) is 0 Å².